The van der Waals surface area contributed by atoms with E-state index in [0.29, 0.717) is 40.4 Å². The summed E-state index contributed by atoms with van der Waals surface area (Å²) in [5, 5.41) is 12.7. The fraction of sp³-hybridized carbons (Fsp3) is 0.233. The maximum atomic E-state index is 14.0. The third kappa shape index (κ3) is 4.89. The van der Waals surface area contributed by atoms with Crippen LogP contribution in [0.3, 0.4) is 0 Å². The van der Waals surface area contributed by atoms with Crippen molar-refractivity contribution in [3.63, 3.8) is 0 Å². The number of para-hydroxylation sites is 2. The minimum atomic E-state index is -1.08. The van der Waals surface area contributed by atoms with Crippen LogP contribution in [0.5, 0.6) is 5.75 Å². The first-order chi connectivity index (χ1) is 18.4. The molecular weight excluding hydrogens is 487 g/mol. The number of nitrogens with zero attached hydrogens (tertiary/aromatic N) is 1. The van der Waals surface area contributed by atoms with E-state index in [2.05, 4.69) is 5.32 Å². The molecule has 38 heavy (non-hydrogen) atoms. The Morgan fingerprint density at radius 2 is 1.76 bits per heavy atom. The number of rotatable bonds is 6. The molecule has 2 atom stereocenters. The molecule has 3 aromatic carbocycles. The van der Waals surface area contributed by atoms with Crippen molar-refractivity contribution in [2.24, 2.45) is 0 Å². The predicted octanol–water partition coefficient (Wildman–Crippen LogP) is 5.60. The number of carboxylic acids is 1. The molecule has 1 aliphatic heterocycles. The summed E-state index contributed by atoms with van der Waals surface area (Å²) in [6.07, 6.45) is 0.0492. The van der Waals surface area contributed by atoms with Crippen LogP contribution in [0.15, 0.2) is 84.1 Å². The zero-order chi connectivity index (χ0) is 26.8. The maximum absolute atomic E-state index is 14.0. The summed E-state index contributed by atoms with van der Waals surface area (Å²) in [6, 6.07) is 19.9. The average Bonchev–Trinajstić information content (AvgIpc) is 3.06. The molecule has 5 rings (SSSR count). The molecule has 0 aromatic heterocycles. The van der Waals surface area contributed by atoms with Gasteiger partial charge in [0.15, 0.2) is 5.78 Å². The van der Waals surface area contributed by atoms with Crippen molar-refractivity contribution < 1.29 is 28.6 Å². The normalized spacial score (nSPS) is 18.7. The second kappa shape index (κ2) is 10.5. The summed E-state index contributed by atoms with van der Waals surface area (Å²) < 4.78 is 19.3. The van der Waals surface area contributed by atoms with E-state index in [1.165, 1.54) is 17.0 Å². The lowest BCUT2D eigenvalue weighted by molar-refractivity contribution is -0.138. The Balaban J connectivity index is 1.68. The second-order valence-corrected chi connectivity index (χ2v) is 9.45. The first-order valence-electron chi connectivity index (χ1n) is 12.4. The summed E-state index contributed by atoms with van der Waals surface area (Å²) in [7, 11) is 1.56. The van der Waals surface area contributed by atoms with Crippen LogP contribution in [0.25, 0.3) is 0 Å². The van der Waals surface area contributed by atoms with Gasteiger partial charge >= 0.3 is 5.97 Å². The molecule has 1 amide bonds. The Bertz CT molecular complexity index is 1430. The van der Waals surface area contributed by atoms with E-state index in [0.717, 1.165) is 5.56 Å². The number of halogens is 1. The number of carbonyl (C=O) groups is 3. The number of fused-ring (bicyclic) bond motifs is 1. The molecule has 0 bridgehead atoms. The van der Waals surface area contributed by atoms with Crippen LogP contribution in [0.2, 0.25) is 0 Å². The van der Waals surface area contributed by atoms with Gasteiger partial charge in [0.25, 0.3) is 0 Å². The smallest absolute Gasteiger partial charge is 0.303 e. The Kier molecular flexibility index (Phi) is 6.96. The van der Waals surface area contributed by atoms with E-state index in [1.807, 2.05) is 30.3 Å². The van der Waals surface area contributed by atoms with Gasteiger partial charge in [-0.3, -0.25) is 19.3 Å². The van der Waals surface area contributed by atoms with Crippen LogP contribution in [-0.2, 0) is 14.4 Å². The van der Waals surface area contributed by atoms with Gasteiger partial charge in [-0.25, -0.2) is 4.39 Å². The third-order valence-electron chi connectivity index (χ3n) is 7.06. The summed E-state index contributed by atoms with van der Waals surface area (Å²) in [6.45, 7) is 0. The number of ketones is 1. The van der Waals surface area contributed by atoms with Crippen LogP contribution in [0.4, 0.5) is 15.8 Å². The monoisotopic (exact) mass is 514 g/mol. The summed E-state index contributed by atoms with van der Waals surface area (Å²) in [5.41, 5.74) is 3.72. The largest absolute Gasteiger partial charge is 0.497 e. The molecule has 0 saturated heterocycles. The van der Waals surface area contributed by atoms with Crippen molar-refractivity contribution in [2.75, 3.05) is 17.3 Å². The predicted molar refractivity (Wildman–Crippen MR) is 141 cm³/mol. The van der Waals surface area contributed by atoms with Gasteiger partial charge < -0.3 is 15.2 Å². The highest BCUT2D eigenvalue weighted by Gasteiger charge is 2.41. The van der Waals surface area contributed by atoms with E-state index in [1.54, 1.807) is 37.4 Å². The number of carboxylic acid groups (broad SMARTS) is 1. The molecule has 3 aromatic rings. The Labute approximate surface area is 219 Å². The van der Waals surface area contributed by atoms with Gasteiger partial charge in [0.1, 0.15) is 11.6 Å². The minimum absolute atomic E-state index is 0.155. The number of hydrogen-bond acceptors (Lipinski definition) is 5. The SMILES string of the molecule is COc1ccc([C@H]2C3=C(C[C@@H](c4cccc(F)c4)CC3=O)Nc3ccccc3N2C(=O)CCC(=O)O)cc1. The first-order valence-corrected chi connectivity index (χ1v) is 12.4. The average molecular weight is 515 g/mol. The number of nitrogens with one attached hydrogen (secondary N) is 1. The van der Waals surface area contributed by atoms with E-state index in [9.17, 15) is 23.9 Å². The molecule has 0 spiro atoms. The summed E-state index contributed by atoms with van der Waals surface area (Å²) >= 11 is 0. The quantitative estimate of drug-likeness (QED) is 0.445. The molecule has 1 heterocycles. The lowest BCUT2D eigenvalue weighted by Crippen LogP contribution is -2.38. The highest BCUT2D eigenvalue weighted by atomic mass is 19.1. The number of carbonyl (C=O) groups excluding carboxylic acids is 2. The van der Waals surface area contributed by atoms with E-state index in [-0.39, 0.29) is 36.8 Å². The summed E-state index contributed by atoms with van der Waals surface area (Å²) in [4.78, 5) is 40.4. The van der Waals surface area contributed by atoms with Crippen LogP contribution in [0.1, 0.15) is 48.8 Å². The van der Waals surface area contributed by atoms with Crippen molar-refractivity contribution >= 4 is 29.0 Å². The van der Waals surface area contributed by atoms with Gasteiger partial charge in [-0.1, -0.05) is 36.4 Å². The lowest BCUT2D eigenvalue weighted by Gasteiger charge is -2.35. The van der Waals surface area contributed by atoms with Crippen molar-refractivity contribution in [1.29, 1.82) is 0 Å². The molecule has 2 N–H and O–H groups in total. The van der Waals surface area contributed by atoms with Crippen molar-refractivity contribution in [3.05, 3.63) is 101 Å². The number of aliphatic carboxylic acids is 1. The number of benzene rings is 3. The van der Waals surface area contributed by atoms with Gasteiger partial charge in [-0.2, -0.15) is 0 Å². The number of methoxy groups -OCH3 is 1. The standard InChI is InChI=1S/C30H27FN2O5/c1-38-22-11-9-18(10-12-22)30-29-24(16-20(17-26(29)34)19-5-4-6-21(31)15-19)32-23-7-2-3-8-25(23)33(30)27(35)13-14-28(36)37/h2-12,15,20,30,32H,13-14,16-17H2,1H3,(H,36,37)/t20-,30+/m1/s1. The van der Waals surface area contributed by atoms with E-state index < -0.39 is 17.9 Å². The number of amides is 1. The van der Waals surface area contributed by atoms with Gasteiger partial charge in [0.05, 0.1) is 30.9 Å². The van der Waals surface area contributed by atoms with E-state index >= 15 is 0 Å². The molecule has 1 aliphatic carbocycles. The number of allylic oxidation sites excluding steroid dienone is 1. The molecule has 194 valence electrons. The first kappa shape index (κ1) is 25.2. The highest BCUT2D eigenvalue weighted by molar-refractivity contribution is 6.06. The Morgan fingerprint density at radius 1 is 1.00 bits per heavy atom. The molecule has 0 saturated carbocycles. The van der Waals surface area contributed by atoms with Crippen LogP contribution >= 0.6 is 0 Å². The van der Waals surface area contributed by atoms with Gasteiger partial charge in [0, 0.05) is 24.1 Å². The van der Waals surface area contributed by atoms with Gasteiger partial charge in [-0.05, 0) is 59.9 Å². The number of anilines is 2. The lowest BCUT2D eigenvalue weighted by atomic mass is 9.78. The van der Waals surface area contributed by atoms with Crippen molar-refractivity contribution in [2.45, 2.75) is 37.6 Å². The van der Waals surface area contributed by atoms with Crippen LogP contribution < -0.4 is 15.0 Å². The van der Waals surface area contributed by atoms with Crippen LogP contribution in [0, 0.1) is 5.82 Å². The fourth-order valence-corrected chi connectivity index (χ4v) is 5.30. The van der Waals surface area contributed by atoms with Crippen molar-refractivity contribution in [1.82, 2.24) is 0 Å². The molecule has 8 heteroatoms. The molecule has 0 fully saturated rings. The highest BCUT2D eigenvalue weighted by Crippen LogP contribution is 2.47. The van der Waals surface area contributed by atoms with Crippen molar-refractivity contribution in [3.8, 4) is 5.75 Å². The van der Waals surface area contributed by atoms with Gasteiger partial charge in [0.2, 0.25) is 5.91 Å². The number of hydrogen-bond donors (Lipinski definition) is 2. The summed E-state index contributed by atoms with van der Waals surface area (Å²) in [5.74, 6) is -1.61. The van der Waals surface area contributed by atoms with Crippen LogP contribution in [-0.4, -0.2) is 29.9 Å². The van der Waals surface area contributed by atoms with E-state index in [4.69, 9.17) is 4.74 Å². The molecule has 2 aliphatic rings. The minimum Gasteiger partial charge on any atom is -0.497 e. The zero-order valence-electron chi connectivity index (χ0n) is 20.8. The number of ether oxygens (including phenoxy) is 1. The molecular formula is C30H27FN2O5. The topological polar surface area (TPSA) is 95.9 Å². The maximum Gasteiger partial charge on any atom is 0.303 e. The Morgan fingerprint density at radius 3 is 2.47 bits per heavy atom. The molecule has 0 radical (unpaired) electrons. The fourth-order valence-electron chi connectivity index (χ4n) is 5.30. The second-order valence-electron chi connectivity index (χ2n) is 9.45. The zero-order valence-corrected chi connectivity index (χ0v) is 20.8. The molecule has 0 unspecified atom stereocenters. The van der Waals surface area contributed by atoms with Gasteiger partial charge in [-0.15, -0.1) is 0 Å². The molecule has 7 nitrogen and oxygen atoms in total. The number of Topliss-reactive ketones (excluding diaryl/α,β-unsaturated/α-hetero) is 1. The Hall–Kier alpha value is -4.46. The third-order valence-corrected chi connectivity index (χ3v) is 7.06.